The van der Waals surface area contributed by atoms with Gasteiger partial charge in [-0.15, -0.1) is 0 Å². The van der Waals surface area contributed by atoms with E-state index in [1.165, 1.54) is 6.07 Å². The highest BCUT2D eigenvalue weighted by atomic mass is 19.1. The lowest BCUT2D eigenvalue weighted by Gasteiger charge is -2.48. The normalized spacial score (nSPS) is 23.6. The first kappa shape index (κ1) is 21.2. The molecule has 1 aromatic rings. The third-order valence-electron chi connectivity index (χ3n) is 6.73. The van der Waals surface area contributed by atoms with Gasteiger partial charge in [-0.1, -0.05) is 18.2 Å². The summed E-state index contributed by atoms with van der Waals surface area (Å²) in [6, 6.07) is 6.68. The van der Waals surface area contributed by atoms with Gasteiger partial charge in [0.05, 0.1) is 26.3 Å². The van der Waals surface area contributed by atoms with Crippen molar-refractivity contribution in [2.45, 2.75) is 44.8 Å². The van der Waals surface area contributed by atoms with Crippen molar-refractivity contribution < 1.29 is 23.5 Å². The Morgan fingerprint density at radius 3 is 2.63 bits per heavy atom. The maximum absolute atomic E-state index is 13.6. The van der Waals surface area contributed by atoms with Crippen molar-refractivity contribution in [1.29, 1.82) is 0 Å². The van der Waals surface area contributed by atoms with Crippen LogP contribution in [0.1, 0.15) is 38.2 Å². The SMILES string of the molecule is CC(=O)N1CCC(C(=O)N2CC3(CC(CCOCc4ccccc4F)CO3)C2)CC1. The van der Waals surface area contributed by atoms with Crippen LogP contribution < -0.4 is 0 Å². The summed E-state index contributed by atoms with van der Waals surface area (Å²) in [5.74, 6) is 0.520. The van der Waals surface area contributed by atoms with Gasteiger partial charge in [-0.25, -0.2) is 4.39 Å². The van der Waals surface area contributed by atoms with Gasteiger partial charge in [0.2, 0.25) is 11.8 Å². The van der Waals surface area contributed by atoms with Crippen LogP contribution in [-0.2, 0) is 25.7 Å². The standard InChI is InChI=1S/C23H31FN2O4/c1-17(27)25-9-6-19(7-10-25)22(28)26-15-23(16-26)12-18(13-30-23)8-11-29-14-20-4-2-3-5-21(20)24/h2-5,18-19H,6-16H2,1H3. The number of likely N-dealkylation sites (tertiary alicyclic amines) is 2. The molecule has 6 nitrogen and oxygen atoms in total. The average Bonchev–Trinajstić information content (AvgIpc) is 3.15. The summed E-state index contributed by atoms with van der Waals surface area (Å²) in [5.41, 5.74) is 0.394. The number of amides is 2. The van der Waals surface area contributed by atoms with Crippen LogP contribution in [0.15, 0.2) is 24.3 Å². The molecule has 0 aromatic heterocycles. The molecule has 4 rings (SSSR count). The lowest BCUT2D eigenvalue weighted by molar-refractivity contribution is -0.163. The zero-order valence-electron chi connectivity index (χ0n) is 17.6. The van der Waals surface area contributed by atoms with Crippen molar-refractivity contribution in [2.75, 3.05) is 39.4 Å². The Labute approximate surface area is 177 Å². The summed E-state index contributed by atoms with van der Waals surface area (Å²) in [6.07, 6.45) is 3.34. The first-order chi connectivity index (χ1) is 14.5. The van der Waals surface area contributed by atoms with Crippen molar-refractivity contribution in [3.8, 4) is 0 Å². The first-order valence-corrected chi connectivity index (χ1v) is 11.0. The summed E-state index contributed by atoms with van der Waals surface area (Å²) < 4.78 is 25.4. The minimum Gasteiger partial charge on any atom is -0.377 e. The van der Waals surface area contributed by atoms with Gasteiger partial charge in [-0.2, -0.15) is 0 Å². The number of carbonyl (C=O) groups excluding carboxylic acids is 2. The van der Waals surface area contributed by atoms with E-state index in [0.29, 0.717) is 50.9 Å². The largest absolute Gasteiger partial charge is 0.377 e. The Hall–Kier alpha value is -1.99. The van der Waals surface area contributed by atoms with Crippen LogP contribution in [0.25, 0.3) is 0 Å². The fraction of sp³-hybridized carbons (Fsp3) is 0.652. The van der Waals surface area contributed by atoms with Gasteiger partial charge < -0.3 is 19.3 Å². The van der Waals surface area contributed by atoms with E-state index in [9.17, 15) is 14.0 Å². The minimum absolute atomic E-state index is 0.0296. The molecule has 2 amide bonds. The van der Waals surface area contributed by atoms with Crippen LogP contribution in [0.4, 0.5) is 4.39 Å². The van der Waals surface area contributed by atoms with Crippen LogP contribution in [0.5, 0.6) is 0 Å². The number of hydrogen-bond donors (Lipinski definition) is 0. The van der Waals surface area contributed by atoms with E-state index in [4.69, 9.17) is 9.47 Å². The third kappa shape index (κ3) is 4.67. The number of halogens is 1. The number of hydrogen-bond acceptors (Lipinski definition) is 4. The second-order valence-corrected chi connectivity index (χ2v) is 8.97. The van der Waals surface area contributed by atoms with Crippen molar-refractivity contribution in [2.24, 2.45) is 11.8 Å². The highest BCUT2D eigenvalue weighted by molar-refractivity contribution is 5.80. The number of carbonyl (C=O) groups is 2. The van der Waals surface area contributed by atoms with Crippen molar-refractivity contribution in [1.82, 2.24) is 9.80 Å². The highest BCUT2D eigenvalue weighted by Gasteiger charge is 2.51. The number of rotatable bonds is 6. The van der Waals surface area contributed by atoms with E-state index in [0.717, 1.165) is 25.7 Å². The quantitative estimate of drug-likeness (QED) is 0.667. The molecular weight excluding hydrogens is 387 g/mol. The Bertz CT molecular complexity index is 772. The molecule has 3 heterocycles. The number of piperidine rings is 1. The maximum atomic E-state index is 13.6. The zero-order valence-corrected chi connectivity index (χ0v) is 17.6. The monoisotopic (exact) mass is 418 g/mol. The predicted octanol–water partition coefficient (Wildman–Crippen LogP) is 2.61. The Kier molecular flexibility index (Phi) is 6.39. The van der Waals surface area contributed by atoms with Gasteiger partial charge in [0.25, 0.3) is 0 Å². The molecule has 3 fully saturated rings. The molecular formula is C23H31FN2O4. The summed E-state index contributed by atoms with van der Waals surface area (Å²) >= 11 is 0. The molecule has 3 aliphatic rings. The summed E-state index contributed by atoms with van der Waals surface area (Å²) in [7, 11) is 0. The number of nitrogens with zero attached hydrogens (tertiary/aromatic N) is 2. The van der Waals surface area contributed by atoms with E-state index in [1.807, 2.05) is 15.9 Å². The van der Waals surface area contributed by atoms with Gasteiger partial charge >= 0.3 is 0 Å². The Morgan fingerprint density at radius 2 is 1.93 bits per heavy atom. The van der Waals surface area contributed by atoms with Crippen molar-refractivity contribution in [3.63, 3.8) is 0 Å². The van der Waals surface area contributed by atoms with Crippen LogP contribution in [0.2, 0.25) is 0 Å². The molecule has 164 valence electrons. The summed E-state index contributed by atoms with van der Waals surface area (Å²) in [6.45, 7) is 5.84. The van der Waals surface area contributed by atoms with E-state index >= 15 is 0 Å². The first-order valence-electron chi connectivity index (χ1n) is 11.0. The van der Waals surface area contributed by atoms with Crippen molar-refractivity contribution >= 4 is 11.8 Å². The summed E-state index contributed by atoms with van der Waals surface area (Å²) in [5, 5.41) is 0. The molecule has 0 radical (unpaired) electrons. The Morgan fingerprint density at radius 1 is 1.20 bits per heavy atom. The van der Waals surface area contributed by atoms with Gasteiger partial charge in [0.1, 0.15) is 11.4 Å². The predicted molar refractivity (Wildman–Crippen MR) is 109 cm³/mol. The van der Waals surface area contributed by atoms with Gasteiger partial charge in [-0.3, -0.25) is 9.59 Å². The highest BCUT2D eigenvalue weighted by Crippen LogP contribution is 2.40. The molecule has 30 heavy (non-hydrogen) atoms. The minimum atomic E-state index is -0.230. The molecule has 1 unspecified atom stereocenters. The molecule has 3 aliphatic heterocycles. The lowest BCUT2D eigenvalue weighted by atomic mass is 9.84. The number of benzene rings is 1. The van der Waals surface area contributed by atoms with Gasteiger partial charge in [0, 0.05) is 38.1 Å². The van der Waals surface area contributed by atoms with Crippen LogP contribution in [-0.4, -0.2) is 66.6 Å². The van der Waals surface area contributed by atoms with E-state index in [2.05, 4.69) is 0 Å². The van der Waals surface area contributed by atoms with Crippen LogP contribution in [0.3, 0.4) is 0 Å². The topological polar surface area (TPSA) is 59.1 Å². The average molecular weight is 419 g/mol. The lowest BCUT2D eigenvalue weighted by Crippen LogP contribution is -2.64. The zero-order chi connectivity index (χ0) is 21.1. The second-order valence-electron chi connectivity index (χ2n) is 8.97. The fourth-order valence-electron chi connectivity index (χ4n) is 4.90. The third-order valence-corrected chi connectivity index (χ3v) is 6.73. The van der Waals surface area contributed by atoms with E-state index in [-0.39, 0.29) is 35.8 Å². The molecule has 0 aliphatic carbocycles. The molecule has 0 saturated carbocycles. The summed E-state index contributed by atoms with van der Waals surface area (Å²) in [4.78, 5) is 28.0. The maximum Gasteiger partial charge on any atom is 0.226 e. The smallest absolute Gasteiger partial charge is 0.226 e. The molecule has 0 bridgehead atoms. The fourth-order valence-corrected chi connectivity index (χ4v) is 4.90. The van der Waals surface area contributed by atoms with Gasteiger partial charge in [0.15, 0.2) is 0 Å². The molecule has 1 aromatic carbocycles. The molecule has 1 atom stereocenters. The number of ether oxygens (including phenoxy) is 2. The van der Waals surface area contributed by atoms with Crippen molar-refractivity contribution in [3.05, 3.63) is 35.6 Å². The molecule has 0 N–H and O–H groups in total. The molecule has 1 spiro atoms. The van der Waals surface area contributed by atoms with Gasteiger partial charge in [-0.05, 0) is 37.7 Å². The molecule has 7 heteroatoms. The Balaban J connectivity index is 1.15. The second kappa shape index (κ2) is 9.02. The van der Waals surface area contributed by atoms with Crippen LogP contribution in [0, 0.1) is 17.7 Å². The van der Waals surface area contributed by atoms with E-state index < -0.39 is 0 Å². The van der Waals surface area contributed by atoms with E-state index in [1.54, 1.807) is 19.1 Å². The molecule has 3 saturated heterocycles. The van der Waals surface area contributed by atoms with Crippen LogP contribution >= 0.6 is 0 Å².